The third-order valence-corrected chi connectivity index (χ3v) is 8.87. The smallest absolute Gasteiger partial charge is 0.133 e. The Morgan fingerprint density at radius 2 is 1.83 bits per heavy atom. The Bertz CT molecular complexity index is 575. The van der Waals surface area contributed by atoms with Crippen molar-refractivity contribution < 1.29 is 9.90 Å². The van der Waals surface area contributed by atoms with Crippen LogP contribution in [0, 0.1) is 46.8 Å². The van der Waals surface area contributed by atoms with Crippen molar-refractivity contribution in [3.05, 3.63) is 0 Å². The van der Waals surface area contributed by atoms with Crippen LogP contribution in [0.1, 0.15) is 71.6 Å². The summed E-state index contributed by atoms with van der Waals surface area (Å²) in [5.41, 5.74) is -0.658. The highest BCUT2D eigenvalue weighted by Crippen LogP contribution is 2.67. The molecule has 23 heavy (non-hydrogen) atoms. The van der Waals surface area contributed by atoms with E-state index in [1.807, 2.05) is 0 Å². The van der Waals surface area contributed by atoms with E-state index in [1.165, 1.54) is 19.3 Å². The second-order valence-electron chi connectivity index (χ2n) is 9.40. The lowest BCUT2D eigenvalue weighted by Gasteiger charge is -2.60. The molecule has 1 N–H and O–H groups in total. The molecule has 4 aliphatic carbocycles. The summed E-state index contributed by atoms with van der Waals surface area (Å²) in [6.07, 6.45) is 14.9. The van der Waals surface area contributed by atoms with Crippen LogP contribution < -0.4 is 0 Å². The monoisotopic (exact) mass is 314 g/mol. The maximum atomic E-state index is 11.9. The van der Waals surface area contributed by atoms with Gasteiger partial charge in [-0.3, -0.25) is 4.79 Å². The third-order valence-electron chi connectivity index (χ3n) is 8.87. The summed E-state index contributed by atoms with van der Waals surface area (Å²) in [5, 5.41) is 11.0. The Morgan fingerprint density at radius 3 is 2.57 bits per heavy atom. The predicted molar refractivity (Wildman–Crippen MR) is 90.5 cm³/mol. The average Bonchev–Trinajstić information content (AvgIpc) is 2.80. The van der Waals surface area contributed by atoms with Gasteiger partial charge < -0.3 is 5.11 Å². The fourth-order valence-corrected chi connectivity index (χ4v) is 7.30. The van der Waals surface area contributed by atoms with Crippen LogP contribution in [0.4, 0.5) is 0 Å². The summed E-state index contributed by atoms with van der Waals surface area (Å²) < 4.78 is 0. The number of carbonyl (C=O) groups excluding carboxylic acids is 1. The number of terminal acetylenes is 1. The Kier molecular flexibility index (Phi) is 3.31. The van der Waals surface area contributed by atoms with Crippen molar-refractivity contribution in [2.45, 2.75) is 77.2 Å². The molecule has 0 saturated heterocycles. The van der Waals surface area contributed by atoms with E-state index in [-0.39, 0.29) is 5.41 Å². The van der Waals surface area contributed by atoms with Gasteiger partial charge in [0.15, 0.2) is 0 Å². The quantitative estimate of drug-likeness (QED) is 0.687. The fraction of sp³-hybridized carbons (Fsp3) is 0.857. The van der Waals surface area contributed by atoms with E-state index in [4.69, 9.17) is 6.42 Å². The van der Waals surface area contributed by atoms with E-state index in [9.17, 15) is 9.90 Å². The van der Waals surface area contributed by atoms with Gasteiger partial charge in [-0.05, 0) is 74.0 Å². The first-order valence-electron chi connectivity index (χ1n) is 9.56. The van der Waals surface area contributed by atoms with Crippen LogP contribution in [0.5, 0.6) is 0 Å². The molecule has 4 fully saturated rings. The lowest BCUT2D eigenvalue weighted by atomic mass is 9.44. The van der Waals surface area contributed by atoms with Gasteiger partial charge in [-0.2, -0.15) is 0 Å². The molecule has 0 aromatic rings. The van der Waals surface area contributed by atoms with Gasteiger partial charge >= 0.3 is 0 Å². The largest absolute Gasteiger partial charge is 0.377 e. The maximum Gasteiger partial charge on any atom is 0.133 e. The van der Waals surface area contributed by atoms with Crippen molar-refractivity contribution in [3.8, 4) is 12.3 Å². The number of hydrogen-bond acceptors (Lipinski definition) is 2. The van der Waals surface area contributed by atoms with E-state index < -0.39 is 5.60 Å². The standard InChI is InChI=1S/C21H30O2/c1-4-21(23)12-9-18-16-6-5-14-13-15(22)7-10-19(14,2)17(16)8-11-20(18,21)3/h1,14,16-18,23H,5-13H2,2-3H3/t14-,16-,17-,18-,19+,20-,21-/m1/s1. The van der Waals surface area contributed by atoms with E-state index in [2.05, 4.69) is 19.8 Å². The number of aliphatic hydroxyl groups is 1. The van der Waals surface area contributed by atoms with Gasteiger partial charge in [0.1, 0.15) is 11.4 Å². The van der Waals surface area contributed by atoms with Gasteiger partial charge in [0.05, 0.1) is 0 Å². The van der Waals surface area contributed by atoms with E-state index in [0.717, 1.165) is 44.4 Å². The molecule has 0 amide bonds. The number of rotatable bonds is 0. The first-order chi connectivity index (χ1) is 10.8. The lowest BCUT2D eigenvalue weighted by molar-refractivity contribution is -0.147. The van der Waals surface area contributed by atoms with Crippen LogP contribution in [-0.4, -0.2) is 16.5 Å². The average molecular weight is 314 g/mol. The van der Waals surface area contributed by atoms with E-state index in [0.29, 0.717) is 29.0 Å². The molecule has 0 spiro atoms. The number of carbonyl (C=O) groups is 1. The molecule has 2 nitrogen and oxygen atoms in total. The van der Waals surface area contributed by atoms with Crippen LogP contribution in [-0.2, 0) is 4.79 Å². The zero-order valence-corrected chi connectivity index (χ0v) is 14.6. The van der Waals surface area contributed by atoms with Crippen LogP contribution in [0.15, 0.2) is 0 Å². The molecule has 0 bridgehead atoms. The minimum Gasteiger partial charge on any atom is -0.377 e. The number of hydrogen-bond donors (Lipinski definition) is 1. The number of Topliss-reactive ketones (excluding diaryl/α,β-unsaturated/α-hetero) is 1. The van der Waals surface area contributed by atoms with Crippen molar-refractivity contribution in [2.24, 2.45) is 34.5 Å². The SMILES string of the molecule is C#C[C@@]1(O)CC[C@@H]2[C@@H]3CC[C@@H]4CC(=O)CC[C@]4(C)[C@@H]3CC[C@]21C. The Hall–Kier alpha value is -0.810. The Labute approximate surface area is 140 Å². The van der Waals surface area contributed by atoms with Gasteiger partial charge in [0.25, 0.3) is 0 Å². The van der Waals surface area contributed by atoms with Crippen molar-refractivity contribution in [3.63, 3.8) is 0 Å². The highest BCUT2D eigenvalue weighted by Gasteiger charge is 2.64. The van der Waals surface area contributed by atoms with Gasteiger partial charge in [-0.1, -0.05) is 19.8 Å². The molecule has 0 radical (unpaired) electrons. The van der Waals surface area contributed by atoms with Crippen LogP contribution >= 0.6 is 0 Å². The second kappa shape index (κ2) is 4.85. The molecule has 126 valence electrons. The Balaban J connectivity index is 1.66. The number of ketones is 1. The topological polar surface area (TPSA) is 37.3 Å². The highest BCUT2D eigenvalue weighted by molar-refractivity contribution is 5.79. The minimum atomic E-state index is -0.900. The first-order valence-corrected chi connectivity index (χ1v) is 9.56. The van der Waals surface area contributed by atoms with Gasteiger partial charge in [-0.15, -0.1) is 6.42 Å². The maximum absolute atomic E-state index is 11.9. The van der Waals surface area contributed by atoms with Gasteiger partial charge in [-0.25, -0.2) is 0 Å². The predicted octanol–water partition coefficient (Wildman–Crippen LogP) is 3.96. The zero-order chi connectivity index (χ0) is 16.5. The molecular formula is C21H30O2. The van der Waals surface area contributed by atoms with Gasteiger partial charge in [0.2, 0.25) is 0 Å². The molecule has 7 atom stereocenters. The van der Waals surface area contributed by atoms with E-state index in [1.54, 1.807) is 0 Å². The zero-order valence-electron chi connectivity index (χ0n) is 14.6. The molecular weight excluding hydrogens is 284 g/mol. The molecule has 2 heteroatoms. The molecule has 0 unspecified atom stereocenters. The van der Waals surface area contributed by atoms with Crippen molar-refractivity contribution in [2.75, 3.05) is 0 Å². The fourth-order valence-electron chi connectivity index (χ4n) is 7.30. The molecule has 0 aromatic carbocycles. The van der Waals surface area contributed by atoms with Crippen LogP contribution in [0.3, 0.4) is 0 Å². The van der Waals surface area contributed by atoms with Crippen LogP contribution in [0.25, 0.3) is 0 Å². The van der Waals surface area contributed by atoms with Crippen molar-refractivity contribution >= 4 is 5.78 Å². The van der Waals surface area contributed by atoms with Crippen molar-refractivity contribution in [1.29, 1.82) is 0 Å². The van der Waals surface area contributed by atoms with Gasteiger partial charge in [0, 0.05) is 18.3 Å². The second-order valence-corrected chi connectivity index (χ2v) is 9.40. The molecule has 4 aliphatic rings. The normalized spacial score (nSPS) is 55.5. The summed E-state index contributed by atoms with van der Waals surface area (Å²) in [6, 6.07) is 0. The van der Waals surface area contributed by atoms with Crippen LogP contribution in [0.2, 0.25) is 0 Å². The highest BCUT2D eigenvalue weighted by atomic mass is 16.3. The summed E-state index contributed by atoms with van der Waals surface area (Å²) in [6.45, 7) is 4.71. The molecule has 0 heterocycles. The summed E-state index contributed by atoms with van der Waals surface area (Å²) in [7, 11) is 0. The van der Waals surface area contributed by atoms with Crippen molar-refractivity contribution in [1.82, 2.24) is 0 Å². The molecule has 4 rings (SSSR count). The minimum absolute atomic E-state index is 0.101. The Morgan fingerprint density at radius 1 is 1.09 bits per heavy atom. The molecule has 0 aliphatic heterocycles. The third kappa shape index (κ3) is 1.89. The lowest BCUT2D eigenvalue weighted by Crippen LogP contribution is -2.56. The molecule has 4 saturated carbocycles. The first kappa shape index (κ1) is 15.7. The summed E-state index contributed by atoms with van der Waals surface area (Å²) in [4.78, 5) is 11.9. The number of fused-ring (bicyclic) bond motifs is 5. The summed E-state index contributed by atoms with van der Waals surface area (Å²) >= 11 is 0. The van der Waals surface area contributed by atoms with E-state index >= 15 is 0 Å². The summed E-state index contributed by atoms with van der Waals surface area (Å²) in [5.74, 6) is 5.83. The molecule has 0 aromatic heterocycles.